The molecule has 172 valence electrons. The first-order valence-corrected chi connectivity index (χ1v) is 12.8. The van der Waals surface area contributed by atoms with Crippen molar-refractivity contribution in [3.63, 3.8) is 0 Å². The fourth-order valence-corrected chi connectivity index (χ4v) is 6.05. The van der Waals surface area contributed by atoms with Crippen molar-refractivity contribution in [2.24, 2.45) is 5.92 Å². The van der Waals surface area contributed by atoms with E-state index in [1.807, 2.05) is 0 Å². The average molecular weight is 451 g/mol. The van der Waals surface area contributed by atoms with Crippen LogP contribution in [0.15, 0.2) is 29.2 Å². The van der Waals surface area contributed by atoms with Gasteiger partial charge in [0.15, 0.2) is 6.61 Å². The summed E-state index contributed by atoms with van der Waals surface area (Å²) in [4.78, 5) is 24.7. The second kappa shape index (κ2) is 10.6. The molecule has 0 heterocycles. The third-order valence-electron chi connectivity index (χ3n) is 6.63. The van der Waals surface area contributed by atoms with E-state index < -0.39 is 16.0 Å². The zero-order chi connectivity index (χ0) is 22.4. The summed E-state index contributed by atoms with van der Waals surface area (Å²) in [5.74, 6) is -0.617. The smallest absolute Gasteiger partial charge is 0.338 e. The normalized spacial score (nSPS) is 22.8. The molecule has 1 amide bonds. The van der Waals surface area contributed by atoms with Crippen molar-refractivity contribution in [3.8, 4) is 0 Å². The number of carbonyl (C=O) groups is 2. The maximum Gasteiger partial charge on any atom is 0.338 e. The number of ether oxygens (including phenoxy) is 1. The largest absolute Gasteiger partial charge is 0.452 e. The van der Waals surface area contributed by atoms with E-state index >= 15 is 0 Å². The Morgan fingerprint density at radius 2 is 1.74 bits per heavy atom. The standard InChI is InChI=1S/C23H34N2O5S/c1-17-9-6-7-14-21(17)24-22(26)16-30-23(27)18-10-8-13-20(15-18)31(28,29)25(2)19-11-4-3-5-12-19/h8,10,13,15,17,19,21H,3-7,9,11-12,14,16H2,1-2H3,(H,24,26). The lowest BCUT2D eigenvalue weighted by Gasteiger charge is -2.30. The Bertz CT molecular complexity index is 880. The number of rotatable bonds is 7. The van der Waals surface area contributed by atoms with Crippen LogP contribution in [0.25, 0.3) is 0 Å². The fourth-order valence-electron chi connectivity index (χ4n) is 4.58. The van der Waals surface area contributed by atoms with Crippen LogP contribution in [0.1, 0.15) is 75.1 Å². The lowest BCUT2D eigenvalue weighted by Crippen LogP contribution is -2.42. The molecule has 2 saturated carbocycles. The van der Waals surface area contributed by atoms with Crippen molar-refractivity contribution < 1.29 is 22.7 Å². The van der Waals surface area contributed by atoms with E-state index in [1.54, 1.807) is 7.05 Å². The van der Waals surface area contributed by atoms with Crippen molar-refractivity contribution in [3.05, 3.63) is 29.8 Å². The van der Waals surface area contributed by atoms with E-state index in [9.17, 15) is 18.0 Å². The average Bonchev–Trinajstić information content (AvgIpc) is 2.79. The number of nitrogens with one attached hydrogen (secondary N) is 1. The van der Waals surface area contributed by atoms with Crippen molar-refractivity contribution in [1.29, 1.82) is 0 Å². The number of carbonyl (C=O) groups excluding carboxylic acids is 2. The number of hydrogen-bond acceptors (Lipinski definition) is 5. The molecule has 2 atom stereocenters. The van der Waals surface area contributed by atoms with Crippen molar-refractivity contribution in [1.82, 2.24) is 9.62 Å². The molecular formula is C23H34N2O5S. The molecule has 1 aromatic rings. The van der Waals surface area contributed by atoms with Crippen molar-refractivity contribution >= 4 is 21.9 Å². The van der Waals surface area contributed by atoms with E-state index in [0.29, 0.717) is 5.92 Å². The molecule has 1 aromatic carbocycles. The molecule has 0 saturated heterocycles. The second-order valence-corrected chi connectivity index (χ2v) is 10.9. The van der Waals surface area contributed by atoms with Gasteiger partial charge in [0.05, 0.1) is 10.5 Å². The number of esters is 1. The second-order valence-electron chi connectivity index (χ2n) is 8.85. The molecule has 0 aliphatic heterocycles. The molecule has 0 spiro atoms. The Morgan fingerprint density at radius 1 is 1.06 bits per heavy atom. The molecule has 0 bridgehead atoms. The predicted octanol–water partition coefficient (Wildman–Crippen LogP) is 3.49. The van der Waals surface area contributed by atoms with Gasteiger partial charge in [-0.3, -0.25) is 4.79 Å². The Hall–Kier alpha value is -1.93. The van der Waals surface area contributed by atoms with Crippen LogP contribution in [-0.4, -0.2) is 50.3 Å². The summed E-state index contributed by atoms with van der Waals surface area (Å²) in [6.45, 7) is 1.74. The Morgan fingerprint density at radius 3 is 2.45 bits per heavy atom. The summed E-state index contributed by atoms with van der Waals surface area (Å²) < 4.78 is 32.6. The van der Waals surface area contributed by atoms with Gasteiger partial charge in [0.2, 0.25) is 10.0 Å². The summed E-state index contributed by atoms with van der Waals surface area (Å²) >= 11 is 0. The van der Waals surface area contributed by atoms with Crippen LogP contribution >= 0.6 is 0 Å². The van der Waals surface area contributed by atoms with Gasteiger partial charge in [0.1, 0.15) is 0 Å². The van der Waals surface area contributed by atoms with Gasteiger partial charge in [-0.15, -0.1) is 0 Å². The van der Waals surface area contributed by atoms with Crippen LogP contribution in [0, 0.1) is 5.92 Å². The predicted molar refractivity (Wildman–Crippen MR) is 118 cm³/mol. The van der Waals surface area contributed by atoms with Crippen LogP contribution in [-0.2, 0) is 19.6 Å². The van der Waals surface area contributed by atoms with E-state index in [0.717, 1.165) is 51.4 Å². The summed E-state index contributed by atoms with van der Waals surface area (Å²) in [6, 6.07) is 5.95. The highest BCUT2D eigenvalue weighted by molar-refractivity contribution is 7.89. The summed E-state index contributed by atoms with van der Waals surface area (Å²) in [5.41, 5.74) is 0.122. The minimum Gasteiger partial charge on any atom is -0.452 e. The third-order valence-corrected chi connectivity index (χ3v) is 8.53. The monoisotopic (exact) mass is 450 g/mol. The Kier molecular flexibility index (Phi) is 8.11. The first kappa shape index (κ1) is 23.7. The summed E-state index contributed by atoms with van der Waals surface area (Å²) in [5, 5.41) is 2.94. The first-order chi connectivity index (χ1) is 14.8. The molecule has 31 heavy (non-hydrogen) atoms. The molecule has 1 N–H and O–H groups in total. The SMILES string of the molecule is CC1CCCCC1NC(=O)COC(=O)c1cccc(S(=O)(=O)N(C)C2CCCCC2)c1. The fraction of sp³-hybridized carbons (Fsp3) is 0.652. The minimum absolute atomic E-state index is 0.0137. The Labute approximate surface area is 185 Å². The van der Waals surface area contributed by atoms with Crippen LogP contribution in [0.3, 0.4) is 0 Å². The first-order valence-electron chi connectivity index (χ1n) is 11.3. The number of hydrogen-bond donors (Lipinski definition) is 1. The Balaban J connectivity index is 1.59. The van der Waals surface area contributed by atoms with Crippen molar-refractivity contribution in [2.45, 2.75) is 81.7 Å². The van der Waals surface area contributed by atoms with Crippen molar-refractivity contribution in [2.75, 3.05) is 13.7 Å². The zero-order valence-corrected chi connectivity index (χ0v) is 19.3. The number of benzene rings is 1. The highest BCUT2D eigenvalue weighted by atomic mass is 32.2. The minimum atomic E-state index is -3.70. The van der Waals surface area contributed by atoms with Gasteiger partial charge in [-0.25, -0.2) is 13.2 Å². The van der Waals surface area contributed by atoms with Crippen LogP contribution in [0.2, 0.25) is 0 Å². The highest BCUT2D eigenvalue weighted by Crippen LogP contribution is 2.27. The van der Waals surface area contributed by atoms with Crippen LogP contribution < -0.4 is 5.32 Å². The lowest BCUT2D eigenvalue weighted by molar-refractivity contribution is -0.125. The number of sulfonamides is 1. The molecule has 2 aliphatic carbocycles. The molecule has 3 rings (SSSR count). The highest BCUT2D eigenvalue weighted by Gasteiger charge is 2.29. The van der Waals surface area contributed by atoms with E-state index in [2.05, 4.69) is 12.2 Å². The van der Waals surface area contributed by atoms with Crippen LogP contribution in [0.4, 0.5) is 0 Å². The molecular weight excluding hydrogens is 416 g/mol. The molecule has 0 aromatic heterocycles. The third kappa shape index (κ3) is 6.07. The molecule has 2 aliphatic rings. The van der Waals surface area contributed by atoms with E-state index in [1.165, 1.54) is 35.0 Å². The molecule has 8 heteroatoms. The summed E-state index contributed by atoms with van der Waals surface area (Å²) in [6.07, 6.45) is 9.19. The van der Waals surface area contributed by atoms with Gasteiger partial charge >= 0.3 is 5.97 Å². The lowest BCUT2D eigenvalue weighted by atomic mass is 9.86. The maximum atomic E-state index is 13.0. The molecule has 0 radical (unpaired) electrons. The molecule has 7 nitrogen and oxygen atoms in total. The maximum absolute atomic E-state index is 13.0. The van der Waals surface area contributed by atoms with E-state index in [-0.39, 0.29) is 35.1 Å². The van der Waals surface area contributed by atoms with E-state index in [4.69, 9.17) is 4.74 Å². The zero-order valence-electron chi connectivity index (χ0n) is 18.5. The molecule has 2 unspecified atom stereocenters. The quantitative estimate of drug-likeness (QED) is 0.642. The van der Waals surface area contributed by atoms with Gasteiger partial charge in [0, 0.05) is 19.1 Å². The van der Waals surface area contributed by atoms with Gasteiger partial charge in [-0.05, 0) is 49.8 Å². The van der Waals surface area contributed by atoms with Gasteiger partial charge in [0.25, 0.3) is 5.91 Å². The summed E-state index contributed by atoms with van der Waals surface area (Å²) in [7, 11) is -2.10. The van der Waals surface area contributed by atoms with Gasteiger partial charge < -0.3 is 10.1 Å². The van der Waals surface area contributed by atoms with Gasteiger partial charge in [-0.2, -0.15) is 4.31 Å². The number of nitrogens with zero attached hydrogens (tertiary/aromatic N) is 1. The van der Waals surface area contributed by atoms with Crippen LogP contribution in [0.5, 0.6) is 0 Å². The topological polar surface area (TPSA) is 92.8 Å². The number of amides is 1. The molecule has 2 fully saturated rings. The van der Waals surface area contributed by atoms with Gasteiger partial charge in [-0.1, -0.05) is 45.1 Å².